The third-order valence-electron chi connectivity index (χ3n) is 1.30. The van der Waals surface area contributed by atoms with E-state index in [0.29, 0.717) is 4.09 Å². The fourth-order valence-corrected chi connectivity index (χ4v) is 1.22. The van der Waals surface area contributed by atoms with Crippen molar-refractivity contribution in [3.05, 3.63) is 18.0 Å². The summed E-state index contributed by atoms with van der Waals surface area (Å²) in [5.74, 6) is -0.664. The number of rotatable bonds is 2. The van der Waals surface area contributed by atoms with Crippen LogP contribution in [0.5, 0.6) is 0 Å². The van der Waals surface area contributed by atoms with E-state index in [4.69, 9.17) is 0 Å². The lowest BCUT2D eigenvalue weighted by molar-refractivity contribution is 0.0594. The molecule has 6 nitrogen and oxygen atoms in total. The predicted octanol–water partition coefficient (Wildman–Crippen LogP) is -0.523. The Bertz CT molecular complexity index is 420. The summed E-state index contributed by atoms with van der Waals surface area (Å²) in [6.45, 7) is 0. The number of aromatic nitrogens is 2. The van der Waals surface area contributed by atoms with Crippen molar-refractivity contribution in [2.24, 2.45) is 0 Å². The summed E-state index contributed by atoms with van der Waals surface area (Å²) >= 11 is 0. The molecule has 0 fully saturated rings. The van der Waals surface area contributed by atoms with Gasteiger partial charge >= 0.3 is 5.97 Å². The predicted molar refractivity (Wildman–Crippen MR) is 43.8 cm³/mol. The monoisotopic (exact) mass is 204 g/mol. The Morgan fingerprint density at radius 2 is 2.23 bits per heavy atom. The van der Waals surface area contributed by atoms with Gasteiger partial charge in [-0.1, -0.05) is 0 Å². The molecule has 0 bridgehead atoms. The van der Waals surface area contributed by atoms with Crippen LogP contribution in [0.2, 0.25) is 0 Å². The highest BCUT2D eigenvalue weighted by Gasteiger charge is 2.12. The minimum atomic E-state index is -3.43. The molecule has 0 aliphatic carbocycles. The van der Waals surface area contributed by atoms with E-state index >= 15 is 0 Å². The van der Waals surface area contributed by atoms with Gasteiger partial charge in [-0.3, -0.25) is 0 Å². The summed E-state index contributed by atoms with van der Waals surface area (Å²) in [5, 5.41) is 3.51. The summed E-state index contributed by atoms with van der Waals surface area (Å²) in [5.41, 5.74) is -0.0343. The Morgan fingerprint density at radius 1 is 1.62 bits per heavy atom. The molecule has 0 N–H and O–H groups in total. The van der Waals surface area contributed by atoms with Crippen molar-refractivity contribution in [3.63, 3.8) is 0 Å². The zero-order valence-electron chi connectivity index (χ0n) is 7.09. The quantitative estimate of drug-likeness (QED) is 0.605. The van der Waals surface area contributed by atoms with E-state index in [1.807, 2.05) is 0 Å². The summed E-state index contributed by atoms with van der Waals surface area (Å²) < 4.78 is 26.9. The van der Waals surface area contributed by atoms with Gasteiger partial charge in [-0.2, -0.15) is 9.19 Å². The van der Waals surface area contributed by atoms with Crippen LogP contribution in [0, 0.1) is 0 Å². The highest BCUT2D eigenvalue weighted by atomic mass is 32.2. The molecular formula is C6H8N2O4S. The Morgan fingerprint density at radius 3 is 2.62 bits per heavy atom. The van der Waals surface area contributed by atoms with Crippen LogP contribution in [-0.2, 0) is 14.8 Å². The number of ether oxygens (including phenoxy) is 1. The molecule has 1 aromatic rings. The van der Waals surface area contributed by atoms with Gasteiger partial charge in [0.2, 0.25) is 0 Å². The van der Waals surface area contributed by atoms with Gasteiger partial charge in [-0.05, 0) is 6.07 Å². The first-order valence-corrected chi connectivity index (χ1v) is 5.14. The maximum atomic E-state index is 10.9. The molecule has 1 aromatic heterocycles. The molecule has 7 heteroatoms. The maximum absolute atomic E-state index is 10.9. The zero-order chi connectivity index (χ0) is 10.1. The van der Waals surface area contributed by atoms with Crippen molar-refractivity contribution in [2.75, 3.05) is 13.4 Å². The average molecular weight is 204 g/mol. The van der Waals surface area contributed by atoms with Crippen LogP contribution in [0.1, 0.15) is 10.5 Å². The number of esters is 1. The van der Waals surface area contributed by atoms with Crippen LogP contribution in [0.4, 0.5) is 0 Å². The van der Waals surface area contributed by atoms with Crippen LogP contribution >= 0.6 is 0 Å². The van der Waals surface area contributed by atoms with Crippen molar-refractivity contribution in [3.8, 4) is 0 Å². The molecule has 0 saturated heterocycles. The SMILES string of the molecule is COC(=O)c1ccn(S(C)(=O)=O)n1. The maximum Gasteiger partial charge on any atom is 0.358 e. The van der Waals surface area contributed by atoms with Gasteiger partial charge in [-0.25, -0.2) is 13.2 Å². The second kappa shape index (κ2) is 3.17. The molecule has 0 aliphatic heterocycles. The number of methoxy groups -OCH3 is 1. The van der Waals surface area contributed by atoms with Gasteiger partial charge in [0, 0.05) is 6.20 Å². The minimum absolute atomic E-state index is 0.0343. The van der Waals surface area contributed by atoms with E-state index in [-0.39, 0.29) is 5.69 Å². The van der Waals surface area contributed by atoms with Crippen LogP contribution in [0.15, 0.2) is 12.3 Å². The third-order valence-corrected chi connectivity index (χ3v) is 2.18. The van der Waals surface area contributed by atoms with Crippen molar-refractivity contribution in [1.82, 2.24) is 9.19 Å². The van der Waals surface area contributed by atoms with E-state index in [2.05, 4.69) is 9.84 Å². The molecule has 0 saturated carbocycles. The second-order valence-corrected chi connectivity index (χ2v) is 4.17. The fourth-order valence-electron chi connectivity index (χ4n) is 0.705. The molecule has 0 spiro atoms. The molecule has 0 aliphatic rings. The van der Waals surface area contributed by atoms with Gasteiger partial charge < -0.3 is 4.74 Å². The number of carbonyl (C=O) groups excluding carboxylic acids is 1. The number of hydrogen-bond acceptors (Lipinski definition) is 5. The van der Waals surface area contributed by atoms with Crippen LogP contribution in [-0.4, -0.2) is 36.9 Å². The summed E-state index contributed by atoms with van der Waals surface area (Å²) in [7, 11) is -2.23. The van der Waals surface area contributed by atoms with Crippen molar-refractivity contribution in [1.29, 1.82) is 0 Å². The minimum Gasteiger partial charge on any atom is -0.464 e. The van der Waals surface area contributed by atoms with Crippen molar-refractivity contribution in [2.45, 2.75) is 0 Å². The van der Waals surface area contributed by atoms with Gasteiger partial charge in [0.15, 0.2) is 5.69 Å². The molecule has 1 heterocycles. The lowest BCUT2D eigenvalue weighted by Crippen LogP contribution is -2.12. The van der Waals surface area contributed by atoms with Gasteiger partial charge in [0.05, 0.1) is 13.4 Å². The number of nitrogens with zero attached hydrogens (tertiary/aromatic N) is 2. The molecular weight excluding hydrogens is 196 g/mol. The molecule has 0 aromatic carbocycles. The topological polar surface area (TPSA) is 78.3 Å². The van der Waals surface area contributed by atoms with Gasteiger partial charge in [0.1, 0.15) is 0 Å². The van der Waals surface area contributed by atoms with Crippen LogP contribution in [0.25, 0.3) is 0 Å². The standard InChI is InChI=1S/C6H8N2O4S/c1-12-6(9)5-3-4-8(7-5)13(2,10)11/h3-4H,1-2H3. The third kappa shape index (κ3) is 2.05. The molecule has 0 unspecified atom stereocenters. The number of hydrogen-bond donors (Lipinski definition) is 0. The normalized spacial score (nSPS) is 11.2. The van der Waals surface area contributed by atoms with E-state index in [0.717, 1.165) is 6.26 Å². The summed E-state index contributed by atoms with van der Waals surface area (Å²) in [6.07, 6.45) is 2.17. The largest absolute Gasteiger partial charge is 0.464 e. The van der Waals surface area contributed by atoms with Crippen molar-refractivity contribution >= 4 is 16.0 Å². The average Bonchev–Trinajstić information content (AvgIpc) is 2.50. The van der Waals surface area contributed by atoms with E-state index in [1.54, 1.807) is 0 Å². The first-order valence-electron chi connectivity index (χ1n) is 3.29. The molecule has 1 rings (SSSR count). The lowest BCUT2D eigenvalue weighted by atomic mass is 10.4. The number of carbonyl (C=O) groups is 1. The zero-order valence-corrected chi connectivity index (χ0v) is 7.91. The van der Waals surface area contributed by atoms with Crippen molar-refractivity contribution < 1.29 is 17.9 Å². The van der Waals surface area contributed by atoms with Crippen LogP contribution < -0.4 is 0 Å². The summed E-state index contributed by atoms with van der Waals surface area (Å²) in [4.78, 5) is 10.9. The van der Waals surface area contributed by atoms with E-state index in [9.17, 15) is 13.2 Å². The Hall–Kier alpha value is -1.37. The highest BCUT2D eigenvalue weighted by molar-refractivity contribution is 7.89. The Labute approximate surface area is 75.2 Å². The molecule has 0 radical (unpaired) electrons. The fraction of sp³-hybridized carbons (Fsp3) is 0.333. The van der Waals surface area contributed by atoms with E-state index in [1.165, 1.54) is 19.4 Å². The first-order chi connectivity index (χ1) is 5.95. The van der Waals surface area contributed by atoms with Gasteiger partial charge in [0.25, 0.3) is 10.0 Å². The molecule has 72 valence electrons. The Kier molecular flexibility index (Phi) is 2.37. The smallest absolute Gasteiger partial charge is 0.358 e. The lowest BCUT2D eigenvalue weighted by Gasteiger charge is -1.95. The van der Waals surface area contributed by atoms with E-state index < -0.39 is 16.0 Å². The molecule has 0 amide bonds. The van der Waals surface area contributed by atoms with Crippen LogP contribution in [0.3, 0.4) is 0 Å². The Balaban J connectivity index is 3.07. The van der Waals surface area contributed by atoms with Gasteiger partial charge in [-0.15, -0.1) is 0 Å². The summed E-state index contributed by atoms with van der Waals surface area (Å²) in [6, 6.07) is 1.27. The first kappa shape index (κ1) is 9.72. The molecule has 13 heavy (non-hydrogen) atoms. The molecule has 0 atom stereocenters. The highest BCUT2D eigenvalue weighted by Crippen LogP contribution is 1.99. The second-order valence-electron chi connectivity index (χ2n) is 2.33.